The Morgan fingerprint density at radius 3 is 1.51 bits per heavy atom. The number of benzene rings is 2. The Morgan fingerprint density at radius 2 is 1.08 bits per heavy atom. The van der Waals surface area contributed by atoms with E-state index in [0.29, 0.717) is 47.6 Å². The first kappa shape index (κ1) is 25.1. The van der Waals surface area contributed by atoms with Crippen LogP contribution < -0.4 is 4.74 Å². The maximum atomic E-state index is 12.7. The average Bonchev–Trinajstić information content (AvgIpc) is 3.88. The molecule has 2 aliphatic carbocycles. The number of hydrogen-bond donors (Lipinski definition) is 0. The van der Waals surface area contributed by atoms with E-state index in [-0.39, 0.29) is 5.97 Å². The molecule has 4 fully saturated rings. The highest BCUT2D eigenvalue weighted by atomic mass is 16.6. The van der Waals surface area contributed by atoms with Gasteiger partial charge < -0.3 is 23.7 Å². The monoisotopic (exact) mass is 506 g/mol. The molecule has 37 heavy (non-hydrogen) atoms. The van der Waals surface area contributed by atoms with Crippen molar-refractivity contribution in [2.24, 2.45) is 0 Å². The fourth-order valence-corrected chi connectivity index (χ4v) is 5.81. The summed E-state index contributed by atoms with van der Waals surface area (Å²) in [6, 6.07) is 16.0. The zero-order valence-corrected chi connectivity index (χ0v) is 21.5. The van der Waals surface area contributed by atoms with Crippen molar-refractivity contribution in [3.05, 3.63) is 65.2 Å². The molecule has 2 aliphatic heterocycles. The third-order valence-electron chi connectivity index (χ3n) is 8.37. The Labute approximate surface area is 219 Å². The summed E-state index contributed by atoms with van der Waals surface area (Å²) in [4.78, 5) is 12.7. The normalized spacial score (nSPS) is 31.0. The molecule has 0 bridgehead atoms. The van der Waals surface area contributed by atoms with Crippen LogP contribution in [0.4, 0.5) is 0 Å². The van der Waals surface area contributed by atoms with E-state index in [1.165, 1.54) is 11.1 Å². The van der Waals surface area contributed by atoms with E-state index >= 15 is 0 Å². The highest BCUT2D eigenvalue weighted by molar-refractivity contribution is 5.91. The van der Waals surface area contributed by atoms with Gasteiger partial charge in [0.25, 0.3) is 0 Å². The number of ether oxygens (including phenoxy) is 5. The predicted octanol–water partition coefficient (Wildman–Crippen LogP) is 5.79. The number of esters is 1. The van der Waals surface area contributed by atoms with Crippen molar-refractivity contribution in [1.29, 1.82) is 0 Å². The number of hydrogen-bond acceptors (Lipinski definition) is 6. The van der Waals surface area contributed by atoms with Crippen molar-refractivity contribution in [3.63, 3.8) is 0 Å². The summed E-state index contributed by atoms with van der Waals surface area (Å²) in [6.45, 7) is 3.18. The summed E-state index contributed by atoms with van der Waals surface area (Å²) in [5.74, 6) is 1.36. The van der Waals surface area contributed by atoms with Crippen LogP contribution in [0.25, 0.3) is 0 Å². The number of carbonyl (C=O) groups is 1. The Balaban J connectivity index is 0.949. The van der Waals surface area contributed by atoms with Gasteiger partial charge in [0.05, 0.1) is 44.2 Å². The van der Waals surface area contributed by atoms with E-state index < -0.39 is 0 Å². The SMILES string of the molecule is O=C(Oc1ccc(C2CCC(OCC3CO3)CC2)cc1)c1ccc(C2CCC(OCC3CO3)CC2)cc1. The third kappa shape index (κ3) is 6.99. The van der Waals surface area contributed by atoms with Crippen LogP contribution in [-0.2, 0) is 18.9 Å². The van der Waals surface area contributed by atoms with Crippen molar-refractivity contribution in [1.82, 2.24) is 0 Å². The van der Waals surface area contributed by atoms with Crippen molar-refractivity contribution in [2.75, 3.05) is 26.4 Å². The van der Waals surface area contributed by atoms with Gasteiger partial charge in [0.1, 0.15) is 18.0 Å². The summed E-state index contributed by atoms with van der Waals surface area (Å²) in [6.07, 6.45) is 10.3. The van der Waals surface area contributed by atoms with Gasteiger partial charge in [-0.15, -0.1) is 0 Å². The molecular weight excluding hydrogens is 468 g/mol. The van der Waals surface area contributed by atoms with Gasteiger partial charge in [-0.3, -0.25) is 0 Å². The van der Waals surface area contributed by atoms with Crippen LogP contribution >= 0.6 is 0 Å². The van der Waals surface area contributed by atoms with E-state index in [1.54, 1.807) is 0 Å². The van der Waals surface area contributed by atoms with Gasteiger partial charge in [-0.25, -0.2) is 4.79 Å². The fourth-order valence-electron chi connectivity index (χ4n) is 5.81. The minimum absolute atomic E-state index is 0.309. The Kier molecular flexibility index (Phi) is 7.89. The average molecular weight is 507 g/mol. The molecule has 198 valence electrons. The van der Waals surface area contributed by atoms with Crippen molar-refractivity contribution in [3.8, 4) is 5.75 Å². The van der Waals surface area contributed by atoms with E-state index in [2.05, 4.69) is 24.3 Å². The number of rotatable bonds is 10. The molecule has 2 atom stereocenters. The van der Waals surface area contributed by atoms with Crippen LogP contribution in [0.3, 0.4) is 0 Å². The summed E-state index contributed by atoms with van der Waals surface area (Å²) >= 11 is 0. The molecule has 0 radical (unpaired) electrons. The molecular formula is C31H38O6. The van der Waals surface area contributed by atoms with Crippen molar-refractivity contribution < 1.29 is 28.5 Å². The molecule has 2 aromatic rings. The molecule has 4 aliphatic rings. The Morgan fingerprint density at radius 1 is 0.649 bits per heavy atom. The summed E-state index contributed by atoms with van der Waals surface area (Å²) in [5, 5.41) is 0. The summed E-state index contributed by atoms with van der Waals surface area (Å²) in [5.41, 5.74) is 3.20. The quantitative estimate of drug-likeness (QED) is 0.231. The van der Waals surface area contributed by atoms with E-state index in [1.807, 2.05) is 24.3 Å². The van der Waals surface area contributed by atoms with Crippen LogP contribution in [0.5, 0.6) is 5.75 Å². The van der Waals surface area contributed by atoms with E-state index in [4.69, 9.17) is 23.7 Å². The van der Waals surface area contributed by atoms with Gasteiger partial charge >= 0.3 is 5.97 Å². The van der Waals surface area contributed by atoms with Crippen LogP contribution in [0, 0.1) is 0 Å². The second-order valence-corrected chi connectivity index (χ2v) is 11.1. The molecule has 0 amide bonds. The second-order valence-electron chi connectivity index (χ2n) is 11.1. The highest BCUT2D eigenvalue weighted by Gasteiger charge is 2.29. The van der Waals surface area contributed by atoms with Gasteiger partial charge in [-0.2, -0.15) is 0 Å². The summed E-state index contributed by atoms with van der Waals surface area (Å²) < 4.78 is 28.1. The van der Waals surface area contributed by atoms with Crippen molar-refractivity contribution >= 4 is 5.97 Å². The lowest BCUT2D eigenvalue weighted by Crippen LogP contribution is -2.22. The largest absolute Gasteiger partial charge is 0.423 e. The molecule has 2 aromatic carbocycles. The van der Waals surface area contributed by atoms with Crippen LogP contribution in [-0.4, -0.2) is 56.8 Å². The first-order chi connectivity index (χ1) is 18.2. The molecule has 2 heterocycles. The minimum Gasteiger partial charge on any atom is -0.423 e. The van der Waals surface area contributed by atoms with E-state index in [9.17, 15) is 4.79 Å². The molecule has 6 nitrogen and oxygen atoms in total. The molecule has 2 unspecified atom stereocenters. The minimum atomic E-state index is -0.309. The zero-order chi connectivity index (χ0) is 25.0. The lowest BCUT2D eigenvalue weighted by molar-refractivity contribution is 0.0164. The number of epoxide rings is 2. The Hall–Kier alpha value is -2.25. The molecule has 2 saturated heterocycles. The van der Waals surface area contributed by atoms with Gasteiger partial charge in [0, 0.05) is 0 Å². The zero-order valence-electron chi connectivity index (χ0n) is 21.5. The van der Waals surface area contributed by atoms with Gasteiger partial charge in [-0.05, 0) is 98.6 Å². The third-order valence-corrected chi connectivity index (χ3v) is 8.37. The van der Waals surface area contributed by atoms with Crippen LogP contribution in [0.1, 0.15) is 84.7 Å². The first-order valence-corrected chi connectivity index (χ1v) is 14.1. The Bertz CT molecular complexity index is 1010. The van der Waals surface area contributed by atoms with Gasteiger partial charge in [-0.1, -0.05) is 24.3 Å². The van der Waals surface area contributed by atoms with Gasteiger partial charge in [0.15, 0.2) is 0 Å². The van der Waals surface area contributed by atoms with E-state index in [0.717, 1.165) is 77.8 Å². The predicted molar refractivity (Wildman–Crippen MR) is 139 cm³/mol. The first-order valence-electron chi connectivity index (χ1n) is 14.1. The standard InChI is InChI=1S/C31H38O6/c32-31(25-3-1-21(2-4-25)22-5-11-26(12-6-22)33-17-29-19-35-29)37-28-15-9-24(10-16-28)23-7-13-27(14-8-23)34-18-30-20-36-30/h1-4,9-10,15-16,22-23,26-27,29-30H,5-8,11-14,17-20H2. The smallest absolute Gasteiger partial charge is 0.343 e. The number of carbonyl (C=O) groups excluding carboxylic acids is 1. The molecule has 0 N–H and O–H groups in total. The van der Waals surface area contributed by atoms with Crippen LogP contribution in [0.15, 0.2) is 48.5 Å². The highest BCUT2D eigenvalue weighted by Crippen LogP contribution is 2.36. The topological polar surface area (TPSA) is 69.8 Å². The maximum Gasteiger partial charge on any atom is 0.343 e. The van der Waals surface area contributed by atoms with Crippen molar-refractivity contribution in [2.45, 2.75) is 87.6 Å². The lowest BCUT2D eigenvalue weighted by Gasteiger charge is -2.29. The fraction of sp³-hybridized carbons (Fsp3) is 0.581. The molecule has 0 spiro atoms. The molecule has 6 heteroatoms. The van der Waals surface area contributed by atoms with Gasteiger partial charge in [0.2, 0.25) is 0 Å². The lowest BCUT2D eigenvalue weighted by atomic mass is 9.82. The van der Waals surface area contributed by atoms with Crippen LogP contribution in [0.2, 0.25) is 0 Å². The molecule has 6 rings (SSSR count). The molecule has 0 aromatic heterocycles. The summed E-state index contributed by atoms with van der Waals surface area (Å²) in [7, 11) is 0. The molecule has 2 saturated carbocycles. The second kappa shape index (κ2) is 11.6. The maximum absolute atomic E-state index is 12.7.